The van der Waals surface area contributed by atoms with Gasteiger partial charge in [0.05, 0.1) is 13.2 Å². The van der Waals surface area contributed by atoms with E-state index in [0.29, 0.717) is 18.2 Å². The summed E-state index contributed by atoms with van der Waals surface area (Å²) in [5.74, 6) is 1.51. The van der Waals surface area contributed by atoms with Crippen LogP contribution in [-0.4, -0.2) is 13.2 Å². The molecular formula is C12H17ClO2. The summed E-state index contributed by atoms with van der Waals surface area (Å²) in [6.07, 6.45) is 1.95. The molecular weight excluding hydrogens is 212 g/mol. The summed E-state index contributed by atoms with van der Waals surface area (Å²) >= 11 is 5.89. The van der Waals surface area contributed by atoms with Gasteiger partial charge in [-0.2, -0.15) is 0 Å². The molecule has 0 unspecified atom stereocenters. The van der Waals surface area contributed by atoms with Crippen LogP contribution in [0.1, 0.15) is 26.7 Å². The second-order valence-electron chi connectivity index (χ2n) is 3.29. The molecule has 0 spiro atoms. The number of ether oxygens (including phenoxy) is 2. The molecule has 0 aliphatic rings. The third-order valence-electron chi connectivity index (χ3n) is 1.83. The zero-order valence-electron chi connectivity index (χ0n) is 9.25. The molecule has 0 bridgehead atoms. The summed E-state index contributed by atoms with van der Waals surface area (Å²) in [7, 11) is 0. The molecule has 0 heterocycles. The summed E-state index contributed by atoms with van der Waals surface area (Å²) in [5, 5.41) is 0.671. The molecule has 84 valence electrons. The zero-order valence-corrected chi connectivity index (χ0v) is 10.0. The maximum atomic E-state index is 5.89. The van der Waals surface area contributed by atoms with Crippen LogP contribution in [0.4, 0.5) is 0 Å². The average Bonchev–Trinajstić information content (AvgIpc) is 2.25. The van der Waals surface area contributed by atoms with Gasteiger partial charge in [-0.05, 0) is 25.0 Å². The van der Waals surface area contributed by atoms with E-state index in [0.717, 1.165) is 24.3 Å². The largest absolute Gasteiger partial charge is 0.490 e. The van der Waals surface area contributed by atoms with Gasteiger partial charge < -0.3 is 9.47 Å². The van der Waals surface area contributed by atoms with E-state index in [1.54, 1.807) is 6.07 Å². The van der Waals surface area contributed by atoms with Gasteiger partial charge in [0.15, 0.2) is 11.5 Å². The summed E-state index contributed by atoms with van der Waals surface area (Å²) in [6.45, 7) is 5.52. The third kappa shape index (κ3) is 4.00. The molecule has 1 rings (SSSR count). The first-order chi connectivity index (χ1) is 7.27. The van der Waals surface area contributed by atoms with E-state index in [9.17, 15) is 0 Å². The van der Waals surface area contributed by atoms with Crippen molar-refractivity contribution in [2.75, 3.05) is 13.2 Å². The van der Waals surface area contributed by atoms with Crippen molar-refractivity contribution < 1.29 is 9.47 Å². The van der Waals surface area contributed by atoms with E-state index in [-0.39, 0.29) is 0 Å². The Morgan fingerprint density at radius 1 is 1.00 bits per heavy atom. The van der Waals surface area contributed by atoms with Crippen LogP contribution in [-0.2, 0) is 0 Å². The fraction of sp³-hybridized carbons (Fsp3) is 0.500. The predicted octanol–water partition coefficient (Wildman–Crippen LogP) is 3.92. The van der Waals surface area contributed by atoms with Crippen LogP contribution < -0.4 is 9.47 Å². The van der Waals surface area contributed by atoms with Gasteiger partial charge >= 0.3 is 0 Å². The molecule has 1 aromatic carbocycles. The van der Waals surface area contributed by atoms with Crippen LogP contribution in [0, 0.1) is 0 Å². The fourth-order valence-corrected chi connectivity index (χ4v) is 1.30. The van der Waals surface area contributed by atoms with E-state index in [2.05, 4.69) is 13.8 Å². The molecule has 3 heteroatoms. The second kappa shape index (κ2) is 6.57. The first kappa shape index (κ1) is 12.2. The minimum Gasteiger partial charge on any atom is -0.490 e. The van der Waals surface area contributed by atoms with E-state index in [1.165, 1.54) is 0 Å². The van der Waals surface area contributed by atoms with Gasteiger partial charge in [-0.1, -0.05) is 25.4 Å². The highest BCUT2D eigenvalue weighted by molar-refractivity contribution is 6.30. The summed E-state index contributed by atoms with van der Waals surface area (Å²) in [4.78, 5) is 0. The molecule has 0 amide bonds. The molecule has 15 heavy (non-hydrogen) atoms. The summed E-state index contributed by atoms with van der Waals surface area (Å²) in [6, 6.07) is 5.45. The van der Waals surface area contributed by atoms with Gasteiger partial charge in [0, 0.05) is 11.1 Å². The summed E-state index contributed by atoms with van der Waals surface area (Å²) in [5.41, 5.74) is 0. The van der Waals surface area contributed by atoms with Crippen molar-refractivity contribution in [3.8, 4) is 11.5 Å². The molecule has 0 saturated heterocycles. The lowest BCUT2D eigenvalue weighted by atomic mass is 10.3. The lowest BCUT2D eigenvalue weighted by Crippen LogP contribution is -2.00. The number of rotatable bonds is 6. The highest BCUT2D eigenvalue weighted by Crippen LogP contribution is 2.30. The first-order valence-electron chi connectivity index (χ1n) is 5.33. The Hall–Kier alpha value is -0.890. The smallest absolute Gasteiger partial charge is 0.162 e. The lowest BCUT2D eigenvalue weighted by molar-refractivity contribution is 0.268. The number of halogens is 1. The lowest BCUT2D eigenvalue weighted by Gasteiger charge is -2.11. The van der Waals surface area contributed by atoms with Gasteiger partial charge in [0.25, 0.3) is 0 Å². The van der Waals surface area contributed by atoms with Crippen LogP contribution in [0.15, 0.2) is 18.2 Å². The van der Waals surface area contributed by atoms with Gasteiger partial charge in [0.1, 0.15) is 0 Å². The topological polar surface area (TPSA) is 18.5 Å². The number of benzene rings is 1. The molecule has 2 nitrogen and oxygen atoms in total. The van der Waals surface area contributed by atoms with E-state index in [4.69, 9.17) is 21.1 Å². The Morgan fingerprint density at radius 2 is 1.60 bits per heavy atom. The van der Waals surface area contributed by atoms with Crippen molar-refractivity contribution in [2.24, 2.45) is 0 Å². The van der Waals surface area contributed by atoms with Crippen molar-refractivity contribution in [2.45, 2.75) is 26.7 Å². The maximum Gasteiger partial charge on any atom is 0.162 e. The molecule has 0 aliphatic carbocycles. The van der Waals surface area contributed by atoms with Crippen molar-refractivity contribution in [1.82, 2.24) is 0 Å². The van der Waals surface area contributed by atoms with Gasteiger partial charge in [0.2, 0.25) is 0 Å². The Bertz CT molecular complexity index is 300. The van der Waals surface area contributed by atoms with Gasteiger partial charge in [-0.25, -0.2) is 0 Å². The first-order valence-corrected chi connectivity index (χ1v) is 5.70. The van der Waals surface area contributed by atoms with E-state index < -0.39 is 0 Å². The van der Waals surface area contributed by atoms with Crippen molar-refractivity contribution in [3.63, 3.8) is 0 Å². The highest BCUT2D eigenvalue weighted by Gasteiger charge is 2.05. The maximum absolute atomic E-state index is 5.89. The third-order valence-corrected chi connectivity index (χ3v) is 2.06. The van der Waals surface area contributed by atoms with Crippen LogP contribution in [0.25, 0.3) is 0 Å². The average molecular weight is 229 g/mol. The molecule has 0 saturated carbocycles. The monoisotopic (exact) mass is 228 g/mol. The van der Waals surface area contributed by atoms with E-state index >= 15 is 0 Å². The van der Waals surface area contributed by atoms with Crippen LogP contribution in [0.2, 0.25) is 5.02 Å². The normalized spacial score (nSPS) is 10.1. The molecule has 1 aromatic rings. The molecule has 0 aliphatic heterocycles. The van der Waals surface area contributed by atoms with Crippen molar-refractivity contribution in [3.05, 3.63) is 23.2 Å². The minimum atomic E-state index is 0.671. The molecule has 0 N–H and O–H groups in total. The van der Waals surface area contributed by atoms with Crippen LogP contribution in [0.5, 0.6) is 11.5 Å². The Balaban J connectivity index is 2.73. The van der Waals surface area contributed by atoms with Crippen molar-refractivity contribution >= 4 is 11.6 Å². The Morgan fingerprint density at radius 3 is 2.20 bits per heavy atom. The SMILES string of the molecule is CCCOc1ccc(Cl)cc1OCCC. The molecule has 0 atom stereocenters. The number of hydrogen-bond acceptors (Lipinski definition) is 2. The van der Waals surface area contributed by atoms with Crippen molar-refractivity contribution in [1.29, 1.82) is 0 Å². The second-order valence-corrected chi connectivity index (χ2v) is 3.72. The van der Waals surface area contributed by atoms with E-state index in [1.807, 2.05) is 12.1 Å². The van der Waals surface area contributed by atoms with Crippen LogP contribution >= 0.6 is 11.6 Å². The summed E-state index contributed by atoms with van der Waals surface area (Å²) < 4.78 is 11.1. The minimum absolute atomic E-state index is 0.671. The molecule has 0 fully saturated rings. The van der Waals surface area contributed by atoms with Crippen LogP contribution in [0.3, 0.4) is 0 Å². The zero-order chi connectivity index (χ0) is 11.1. The quantitative estimate of drug-likeness (QED) is 0.735. The number of hydrogen-bond donors (Lipinski definition) is 0. The standard InChI is InChI=1S/C12H17ClO2/c1-3-7-14-11-6-5-10(13)9-12(11)15-8-4-2/h5-6,9H,3-4,7-8H2,1-2H3. The van der Waals surface area contributed by atoms with Gasteiger partial charge in [-0.3, -0.25) is 0 Å². The predicted molar refractivity (Wildman–Crippen MR) is 63.0 cm³/mol. The Kier molecular flexibility index (Phi) is 5.33. The molecule has 0 aromatic heterocycles. The highest BCUT2D eigenvalue weighted by atomic mass is 35.5. The molecule has 0 radical (unpaired) electrons. The fourth-order valence-electron chi connectivity index (χ4n) is 1.14. The Labute approximate surface area is 96.2 Å². The van der Waals surface area contributed by atoms with Gasteiger partial charge in [-0.15, -0.1) is 0 Å².